The molecule has 0 amide bonds. The number of hydrogen-bond acceptors (Lipinski definition) is 4. The predicted molar refractivity (Wildman–Crippen MR) is 164 cm³/mol. The Morgan fingerprint density at radius 2 is 1.29 bits per heavy atom. The van der Waals surface area contributed by atoms with Crippen LogP contribution in [0.15, 0.2) is 127 Å². The summed E-state index contributed by atoms with van der Waals surface area (Å²) in [6.45, 7) is 5.63. The van der Waals surface area contributed by atoms with Gasteiger partial charge in [0.2, 0.25) is 0 Å². The first-order chi connectivity index (χ1) is 20.1. The normalized spacial score (nSPS) is 16.0. The van der Waals surface area contributed by atoms with Gasteiger partial charge in [0.25, 0.3) is 0 Å². The molecule has 0 aliphatic carbocycles. The lowest BCUT2D eigenvalue weighted by atomic mass is 9.95. The van der Waals surface area contributed by atoms with Gasteiger partial charge in [-0.3, -0.25) is 4.90 Å². The molecule has 0 saturated heterocycles. The van der Waals surface area contributed by atoms with E-state index in [4.69, 9.17) is 4.74 Å². The van der Waals surface area contributed by atoms with Crippen molar-refractivity contribution < 1.29 is 9.13 Å². The van der Waals surface area contributed by atoms with Crippen LogP contribution >= 0.6 is 0 Å². The lowest BCUT2D eigenvalue weighted by molar-refractivity contribution is 0.0877. The van der Waals surface area contributed by atoms with Crippen LogP contribution in [0, 0.1) is 5.82 Å². The fourth-order valence-corrected chi connectivity index (χ4v) is 5.67. The molecule has 1 N–H and O–H groups in total. The number of nitrogens with zero attached hydrogens (tertiary/aromatic N) is 2. The van der Waals surface area contributed by atoms with Crippen LogP contribution in [-0.4, -0.2) is 42.3 Å². The van der Waals surface area contributed by atoms with Gasteiger partial charge in [0, 0.05) is 45.8 Å². The van der Waals surface area contributed by atoms with Crippen LogP contribution in [0.25, 0.3) is 0 Å². The zero-order valence-electron chi connectivity index (χ0n) is 24.0. The van der Waals surface area contributed by atoms with Gasteiger partial charge in [-0.2, -0.15) is 0 Å². The minimum absolute atomic E-state index is 0.109. The van der Waals surface area contributed by atoms with Crippen LogP contribution in [0.3, 0.4) is 0 Å². The zero-order chi connectivity index (χ0) is 28.4. The van der Waals surface area contributed by atoms with Gasteiger partial charge in [-0.15, -0.1) is 0 Å². The third kappa shape index (κ3) is 7.92. The maximum atomic E-state index is 13.7. The highest BCUT2D eigenvalue weighted by Gasteiger charge is 2.33. The molecule has 2 atom stereocenters. The summed E-state index contributed by atoms with van der Waals surface area (Å²) in [6.07, 6.45) is 1.41. The van der Waals surface area contributed by atoms with Crippen LogP contribution in [0.5, 0.6) is 0 Å². The molecule has 4 aromatic rings. The first-order valence-electron chi connectivity index (χ1n) is 14.5. The Morgan fingerprint density at radius 1 is 0.756 bits per heavy atom. The molecule has 0 radical (unpaired) electrons. The average molecular weight is 550 g/mol. The van der Waals surface area contributed by atoms with Gasteiger partial charge in [0.05, 0.1) is 5.70 Å². The molecule has 212 valence electrons. The molecule has 0 spiro atoms. The van der Waals surface area contributed by atoms with E-state index in [1.54, 1.807) is 19.2 Å². The number of benzene rings is 4. The first kappa shape index (κ1) is 28.7. The van der Waals surface area contributed by atoms with Crippen LogP contribution < -0.4 is 5.43 Å². The van der Waals surface area contributed by atoms with E-state index in [-0.39, 0.29) is 18.0 Å². The summed E-state index contributed by atoms with van der Waals surface area (Å²) in [6, 6.07) is 38.9. The summed E-state index contributed by atoms with van der Waals surface area (Å²) >= 11 is 0. The highest BCUT2D eigenvalue weighted by molar-refractivity contribution is 5.34. The molecule has 0 aromatic heterocycles. The number of hydrogen-bond donors (Lipinski definition) is 1. The Labute approximate surface area is 244 Å². The second kappa shape index (κ2) is 14.2. The minimum Gasteiger partial charge on any atom is -0.375 e. The maximum absolute atomic E-state index is 13.7. The number of methoxy groups -OCH3 is 1. The molecule has 41 heavy (non-hydrogen) atoms. The Balaban J connectivity index is 1.41. The third-order valence-corrected chi connectivity index (χ3v) is 7.79. The fourth-order valence-electron chi connectivity index (χ4n) is 5.67. The van der Waals surface area contributed by atoms with E-state index in [1.807, 2.05) is 18.2 Å². The standard InChI is InChI=1S/C36H40FN3O/c1-28-34(24-30-18-20-33(37)21-19-30)36(35(41-2)25-29-12-6-3-7-13-29)40(38-28)23-22-39(26-31-14-8-4-9-15-31)27-32-16-10-5-11-17-32/h3-21,28,35,38H,22-27H2,1-2H3. The number of rotatable bonds is 13. The molecule has 1 aliphatic rings. The fraction of sp³-hybridized carbons (Fsp3) is 0.278. The summed E-state index contributed by atoms with van der Waals surface area (Å²) in [5.41, 5.74) is 11.2. The van der Waals surface area contributed by atoms with Gasteiger partial charge in [-0.1, -0.05) is 103 Å². The monoisotopic (exact) mass is 549 g/mol. The maximum Gasteiger partial charge on any atom is 0.123 e. The predicted octanol–water partition coefficient (Wildman–Crippen LogP) is 6.79. The number of ether oxygens (including phenoxy) is 1. The molecule has 1 heterocycles. The van der Waals surface area contributed by atoms with Crippen molar-refractivity contribution in [3.05, 3.63) is 155 Å². The lowest BCUT2D eigenvalue weighted by Crippen LogP contribution is -2.43. The molecule has 5 rings (SSSR count). The van der Waals surface area contributed by atoms with E-state index in [2.05, 4.69) is 107 Å². The Bertz CT molecular complexity index is 1340. The third-order valence-electron chi connectivity index (χ3n) is 7.79. The van der Waals surface area contributed by atoms with E-state index in [1.165, 1.54) is 28.0 Å². The zero-order valence-corrected chi connectivity index (χ0v) is 24.0. The van der Waals surface area contributed by atoms with Gasteiger partial charge in [-0.05, 0) is 53.3 Å². The Morgan fingerprint density at radius 3 is 1.83 bits per heavy atom. The number of nitrogens with one attached hydrogen (secondary N) is 1. The molecule has 2 unspecified atom stereocenters. The summed E-state index contributed by atoms with van der Waals surface area (Å²) in [7, 11) is 1.80. The van der Waals surface area contributed by atoms with Crippen molar-refractivity contribution >= 4 is 0 Å². The average Bonchev–Trinajstić information content (AvgIpc) is 3.31. The second-order valence-electron chi connectivity index (χ2n) is 10.8. The van der Waals surface area contributed by atoms with Crippen molar-refractivity contribution in [2.45, 2.75) is 45.0 Å². The molecular formula is C36H40FN3O. The lowest BCUT2D eigenvalue weighted by Gasteiger charge is -2.31. The number of halogens is 1. The van der Waals surface area contributed by atoms with Crippen molar-refractivity contribution in [2.75, 3.05) is 20.2 Å². The SMILES string of the molecule is COC(Cc1ccccc1)C1=C(Cc2ccc(F)cc2)C(C)NN1CCN(Cc1ccccc1)Cc1ccccc1. The van der Waals surface area contributed by atoms with Gasteiger partial charge in [0.15, 0.2) is 0 Å². The number of hydrazine groups is 1. The second-order valence-corrected chi connectivity index (χ2v) is 10.8. The van der Waals surface area contributed by atoms with Crippen LogP contribution in [0.1, 0.15) is 29.2 Å². The molecule has 0 saturated carbocycles. The Kier molecular flexibility index (Phi) is 9.97. The molecule has 4 aromatic carbocycles. The molecule has 1 aliphatic heterocycles. The van der Waals surface area contributed by atoms with Crippen molar-refractivity contribution in [1.82, 2.24) is 15.3 Å². The van der Waals surface area contributed by atoms with E-state index < -0.39 is 0 Å². The highest BCUT2D eigenvalue weighted by atomic mass is 19.1. The summed E-state index contributed by atoms with van der Waals surface area (Å²) in [4.78, 5) is 2.51. The minimum atomic E-state index is -0.210. The van der Waals surface area contributed by atoms with E-state index >= 15 is 0 Å². The summed E-state index contributed by atoms with van der Waals surface area (Å²) < 4.78 is 19.9. The largest absolute Gasteiger partial charge is 0.375 e. The van der Waals surface area contributed by atoms with Crippen molar-refractivity contribution in [2.24, 2.45) is 0 Å². The quantitative estimate of drug-likeness (QED) is 0.199. The molecule has 0 bridgehead atoms. The molecule has 4 nitrogen and oxygen atoms in total. The van der Waals surface area contributed by atoms with Gasteiger partial charge >= 0.3 is 0 Å². The van der Waals surface area contributed by atoms with E-state index in [0.29, 0.717) is 0 Å². The van der Waals surface area contributed by atoms with Gasteiger partial charge in [0.1, 0.15) is 11.9 Å². The van der Waals surface area contributed by atoms with Crippen LogP contribution in [0.4, 0.5) is 4.39 Å². The van der Waals surface area contributed by atoms with Crippen molar-refractivity contribution in [3.63, 3.8) is 0 Å². The summed E-state index contributed by atoms with van der Waals surface area (Å²) in [5.74, 6) is -0.210. The topological polar surface area (TPSA) is 27.7 Å². The van der Waals surface area contributed by atoms with Gasteiger partial charge < -0.3 is 9.75 Å². The van der Waals surface area contributed by atoms with Crippen molar-refractivity contribution in [3.8, 4) is 0 Å². The van der Waals surface area contributed by atoms with Crippen molar-refractivity contribution in [1.29, 1.82) is 0 Å². The first-order valence-corrected chi connectivity index (χ1v) is 14.5. The Hall–Kier alpha value is -3.77. The summed E-state index contributed by atoms with van der Waals surface area (Å²) in [5, 5.41) is 2.31. The molecule has 5 heteroatoms. The molecule has 0 fully saturated rings. The van der Waals surface area contributed by atoms with Gasteiger partial charge in [-0.25, -0.2) is 9.82 Å². The smallest absolute Gasteiger partial charge is 0.123 e. The molecular weight excluding hydrogens is 509 g/mol. The van der Waals surface area contributed by atoms with Crippen LogP contribution in [0.2, 0.25) is 0 Å². The van der Waals surface area contributed by atoms with Crippen LogP contribution in [-0.2, 0) is 30.7 Å². The van der Waals surface area contributed by atoms with E-state index in [9.17, 15) is 4.39 Å². The van der Waals surface area contributed by atoms with E-state index in [0.717, 1.165) is 44.6 Å². The highest BCUT2D eigenvalue weighted by Crippen LogP contribution is 2.30.